The van der Waals surface area contributed by atoms with Crippen LogP contribution in [0.3, 0.4) is 0 Å². The van der Waals surface area contributed by atoms with Crippen molar-refractivity contribution in [2.75, 3.05) is 20.2 Å². The largest absolute Gasteiger partial charge is 0.497 e. The van der Waals surface area contributed by atoms with Crippen LogP contribution >= 0.6 is 0 Å². The van der Waals surface area contributed by atoms with Gasteiger partial charge in [-0.1, -0.05) is 12.1 Å². The fourth-order valence-electron chi connectivity index (χ4n) is 2.74. The highest BCUT2D eigenvalue weighted by atomic mass is 16.5. The average Bonchev–Trinajstić information content (AvgIpc) is 2.67. The first-order valence-corrected chi connectivity index (χ1v) is 8.30. The lowest BCUT2D eigenvalue weighted by Gasteiger charge is -2.31. The summed E-state index contributed by atoms with van der Waals surface area (Å²) in [6.45, 7) is 1.30. The number of hydrogen-bond donors (Lipinski definition) is 0. The fourth-order valence-corrected chi connectivity index (χ4v) is 2.74. The minimum atomic E-state index is -0.0520. The van der Waals surface area contributed by atoms with Crippen LogP contribution in [0.1, 0.15) is 18.4 Å². The maximum absolute atomic E-state index is 12.4. The van der Waals surface area contributed by atoms with E-state index in [-0.39, 0.29) is 12.0 Å². The molecule has 6 nitrogen and oxygen atoms in total. The van der Waals surface area contributed by atoms with Gasteiger partial charge in [-0.05, 0) is 42.7 Å². The lowest BCUT2D eigenvalue weighted by Crippen LogP contribution is -2.43. The molecule has 0 N–H and O–H groups in total. The molecule has 1 amide bonds. The van der Waals surface area contributed by atoms with Crippen LogP contribution in [0.2, 0.25) is 0 Å². The van der Waals surface area contributed by atoms with Crippen LogP contribution in [0.4, 0.5) is 0 Å². The zero-order valence-corrected chi connectivity index (χ0v) is 14.2. The topological polar surface area (TPSA) is 64.5 Å². The third-order valence-corrected chi connectivity index (χ3v) is 4.06. The van der Waals surface area contributed by atoms with Gasteiger partial charge in [-0.3, -0.25) is 4.79 Å². The summed E-state index contributed by atoms with van der Waals surface area (Å²) in [7, 11) is 1.63. The lowest BCUT2D eigenvalue weighted by molar-refractivity contribution is -0.128. The number of piperidine rings is 1. The summed E-state index contributed by atoms with van der Waals surface area (Å²) in [5.41, 5.74) is 0.957. The van der Waals surface area contributed by atoms with Gasteiger partial charge in [-0.15, -0.1) is 5.10 Å². The first-order valence-electron chi connectivity index (χ1n) is 8.30. The van der Waals surface area contributed by atoms with E-state index in [0.717, 1.165) is 30.7 Å². The number of carbonyl (C=O) groups excluding carboxylic acids is 1. The number of methoxy groups -OCH3 is 1. The van der Waals surface area contributed by atoms with Crippen molar-refractivity contribution in [2.24, 2.45) is 0 Å². The summed E-state index contributed by atoms with van der Waals surface area (Å²) in [5, 5.41) is 7.74. The van der Waals surface area contributed by atoms with Crippen molar-refractivity contribution in [3.8, 4) is 11.6 Å². The summed E-state index contributed by atoms with van der Waals surface area (Å²) in [6.07, 6.45) is 6.79. The molecule has 2 heterocycles. The molecule has 130 valence electrons. The Kier molecular flexibility index (Phi) is 5.61. The molecule has 1 unspecified atom stereocenters. The SMILES string of the molecule is COc1ccc(/C=C/C(=O)N2CCCC(Oc3cccnn3)C2)cc1. The third kappa shape index (κ3) is 4.79. The van der Waals surface area contributed by atoms with E-state index in [9.17, 15) is 4.79 Å². The number of benzene rings is 1. The maximum Gasteiger partial charge on any atom is 0.246 e. The molecule has 1 aliphatic heterocycles. The van der Waals surface area contributed by atoms with Gasteiger partial charge in [0.25, 0.3) is 0 Å². The van der Waals surface area contributed by atoms with Crippen LogP contribution in [0.25, 0.3) is 6.08 Å². The molecule has 0 aliphatic carbocycles. The second kappa shape index (κ2) is 8.28. The molecule has 0 radical (unpaired) electrons. The second-order valence-electron chi connectivity index (χ2n) is 5.83. The Morgan fingerprint density at radius 2 is 2.12 bits per heavy atom. The quantitative estimate of drug-likeness (QED) is 0.784. The number of aromatic nitrogens is 2. The highest BCUT2D eigenvalue weighted by molar-refractivity contribution is 5.91. The van der Waals surface area contributed by atoms with E-state index in [4.69, 9.17) is 9.47 Å². The normalized spacial score (nSPS) is 17.5. The number of rotatable bonds is 5. The number of carbonyl (C=O) groups is 1. The van der Waals surface area contributed by atoms with Crippen LogP contribution in [0, 0.1) is 0 Å². The minimum Gasteiger partial charge on any atom is -0.497 e. The first kappa shape index (κ1) is 17.0. The molecular weight excluding hydrogens is 318 g/mol. The Morgan fingerprint density at radius 1 is 1.28 bits per heavy atom. The van der Waals surface area contributed by atoms with Crippen molar-refractivity contribution in [1.29, 1.82) is 0 Å². The molecular formula is C19H21N3O3. The molecule has 1 aromatic heterocycles. The number of ether oxygens (including phenoxy) is 2. The van der Waals surface area contributed by atoms with Crippen LogP contribution in [-0.2, 0) is 4.79 Å². The zero-order valence-electron chi connectivity index (χ0n) is 14.2. The van der Waals surface area contributed by atoms with Crippen LogP contribution in [-0.4, -0.2) is 47.3 Å². The Bertz CT molecular complexity index is 716. The van der Waals surface area contributed by atoms with Gasteiger partial charge in [-0.25, -0.2) is 0 Å². The van der Waals surface area contributed by atoms with Gasteiger partial charge in [-0.2, -0.15) is 5.10 Å². The minimum absolute atomic E-state index is 0.0109. The Balaban J connectivity index is 1.56. The molecule has 1 atom stereocenters. The molecule has 0 spiro atoms. The van der Waals surface area contributed by atoms with Crippen molar-refractivity contribution >= 4 is 12.0 Å². The monoisotopic (exact) mass is 339 g/mol. The van der Waals surface area contributed by atoms with E-state index < -0.39 is 0 Å². The Morgan fingerprint density at radius 3 is 2.84 bits per heavy atom. The van der Waals surface area contributed by atoms with E-state index >= 15 is 0 Å². The van der Waals surface area contributed by atoms with E-state index in [1.165, 1.54) is 0 Å². The van der Waals surface area contributed by atoms with Gasteiger partial charge in [0, 0.05) is 24.9 Å². The highest BCUT2D eigenvalue weighted by Gasteiger charge is 2.24. The van der Waals surface area contributed by atoms with Crippen molar-refractivity contribution in [3.63, 3.8) is 0 Å². The molecule has 1 saturated heterocycles. The number of amides is 1. The zero-order chi connectivity index (χ0) is 17.5. The maximum atomic E-state index is 12.4. The molecule has 1 aromatic carbocycles. The van der Waals surface area contributed by atoms with Crippen molar-refractivity contribution in [1.82, 2.24) is 15.1 Å². The lowest BCUT2D eigenvalue weighted by atomic mass is 10.1. The summed E-state index contributed by atoms with van der Waals surface area (Å²) < 4.78 is 10.9. The summed E-state index contributed by atoms with van der Waals surface area (Å²) in [5.74, 6) is 1.28. The Hall–Kier alpha value is -2.89. The molecule has 25 heavy (non-hydrogen) atoms. The van der Waals surface area contributed by atoms with Gasteiger partial charge < -0.3 is 14.4 Å². The standard InChI is InChI=1S/C19H21N3O3/c1-24-16-9-6-15(7-10-16)8-11-19(23)22-13-3-4-17(14-22)25-18-5-2-12-20-21-18/h2,5-12,17H,3-4,13-14H2,1H3/b11-8+. The molecule has 0 bridgehead atoms. The summed E-state index contributed by atoms with van der Waals surface area (Å²) in [6, 6.07) is 11.1. The highest BCUT2D eigenvalue weighted by Crippen LogP contribution is 2.17. The van der Waals surface area contributed by atoms with Gasteiger partial charge in [0.1, 0.15) is 11.9 Å². The van der Waals surface area contributed by atoms with E-state index in [1.807, 2.05) is 35.2 Å². The van der Waals surface area contributed by atoms with Gasteiger partial charge in [0.15, 0.2) is 0 Å². The first-order chi connectivity index (χ1) is 12.2. The van der Waals surface area contributed by atoms with E-state index in [2.05, 4.69) is 10.2 Å². The molecule has 1 aliphatic rings. The predicted molar refractivity (Wildman–Crippen MR) is 94.3 cm³/mol. The average molecular weight is 339 g/mol. The van der Waals surface area contributed by atoms with E-state index in [1.54, 1.807) is 31.5 Å². The van der Waals surface area contributed by atoms with Crippen LogP contribution < -0.4 is 9.47 Å². The predicted octanol–water partition coefficient (Wildman–Crippen LogP) is 2.57. The number of hydrogen-bond acceptors (Lipinski definition) is 5. The molecule has 0 saturated carbocycles. The molecule has 3 rings (SSSR count). The van der Waals surface area contributed by atoms with Gasteiger partial charge >= 0.3 is 0 Å². The molecule has 2 aromatic rings. The van der Waals surface area contributed by atoms with E-state index in [0.29, 0.717) is 12.4 Å². The van der Waals surface area contributed by atoms with Gasteiger partial charge in [0.2, 0.25) is 11.8 Å². The third-order valence-electron chi connectivity index (χ3n) is 4.06. The van der Waals surface area contributed by atoms with Crippen molar-refractivity contribution in [3.05, 3.63) is 54.2 Å². The molecule has 1 fully saturated rings. The smallest absolute Gasteiger partial charge is 0.246 e. The number of likely N-dealkylation sites (tertiary alicyclic amines) is 1. The van der Waals surface area contributed by atoms with Gasteiger partial charge in [0.05, 0.1) is 13.7 Å². The second-order valence-corrected chi connectivity index (χ2v) is 5.83. The number of nitrogens with zero attached hydrogens (tertiary/aromatic N) is 3. The van der Waals surface area contributed by atoms with Crippen LogP contribution in [0.5, 0.6) is 11.6 Å². The van der Waals surface area contributed by atoms with Crippen molar-refractivity contribution < 1.29 is 14.3 Å². The Labute approximate surface area is 147 Å². The summed E-state index contributed by atoms with van der Waals surface area (Å²) >= 11 is 0. The van der Waals surface area contributed by atoms with Crippen molar-refractivity contribution in [2.45, 2.75) is 18.9 Å². The van der Waals surface area contributed by atoms with Crippen LogP contribution in [0.15, 0.2) is 48.7 Å². The fraction of sp³-hybridized carbons (Fsp3) is 0.316. The summed E-state index contributed by atoms with van der Waals surface area (Å²) in [4.78, 5) is 14.2. The molecule has 6 heteroatoms.